The van der Waals surface area contributed by atoms with Crippen molar-refractivity contribution in [1.82, 2.24) is 4.90 Å². The van der Waals surface area contributed by atoms with Gasteiger partial charge in [0, 0.05) is 19.1 Å². The van der Waals surface area contributed by atoms with Gasteiger partial charge in [0.25, 0.3) is 0 Å². The van der Waals surface area contributed by atoms with Crippen molar-refractivity contribution in [2.45, 2.75) is 65.5 Å². The number of esters is 2. The molecule has 0 aromatic carbocycles. The van der Waals surface area contributed by atoms with E-state index in [9.17, 15) is 24.9 Å². The molecule has 1 aliphatic rings. The summed E-state index contributed by atoms with van der Waals surface area (Å²) in [6, 6.07) is -0.452. The molecule has 0 amide bonds. The van der Waals surface area contributed by atoms with Gasteiger partial charge in [0.2, 0.25) is 0 Å². The van der Waals surface area contributed by atoms with Crippen molar-refractivity contribution in [1.29, 1.82) is 0 Å². The highest BCUT2D eigenvalue weighted by atomic mass is 16.5. The number of carbonyl (C=O) groups excluding carboxylic acids is 2. The van der Waals surface area contributed by atoms with Crippen LogP contribution in [0, 0.1) is 23.7 Å². The molecule has 0 radical (unpaired) electrons. The molecule has 1 aliphatic carbocycles. The lowest BCUT2D eigenvalue weighted by Gasteiger charge is -2.42. The van der Waals surface area contributed by atoms with Gasteiger partial charge in [-0.15, -0.1) is 0 Å². The fourth-order valence-electron chi connectivity index (χ4n) is 3.78. The van der Waals surface area contributed by atoms with Gasteiger partial charge in [0.1, 0.15) is 0 Å². The first-order valence-corrected chi connectivity index (χ1v) is 11.2. The van der Waals surface area contributed by atoms with Gasteiger partial charge < -0.3 is 24.8 Å². The Hall–Kier alpha value is -1.22. The standard InChI is InChI=1S/C22H41NO7/c1-15(2)5-11-29-21(27)17-13-19(23(7-9-24)8-10-25)20(26)14-18(17)22(28)30-12-6-16(3)4/h15-20,24-26H,5-14H2,1-4H3. The van der Waals surface area contributed by atoms with E-state index < -0.39 is 35.9 Å². The van der Waals surface area contributed by atoms with Crippen LogP contribution in [0.5, 0.6) is 0 Å². The second-order valence-corrected chi connectivity index (χ2v) is 9.00. The number of ether oxygens (including phenoxy) is 2. The topological polar surface area (TPSA) is 117 Å². The Bertz CT molecular complexity index is 506. The number of aliphatic hydroxyl groups is 3. The Balaban J connectivity index is 2.93. The molecule has 1 saturated carbocycles. The molecule has 0 aromatic heterocycles. The predicted octanol–water partition coefficient (Wildman–Crippen LogP) is 1.21. The summed E-state index contributed by atoms with van der Waals surface area (Å²) < 4.78 is 10.9. The fraction of sp³-hybridized carbons (Fsp3) is 0.909. The van der Waals surface area contributed by atoms with E-state index in [1.54, 1.807) is 4.90 Å². The predicted molar refractivity (Wildman–Crippen MR) is 113 cm³/mol. The Morgan fingerprint density at radius 1 is 0.867 bits per heavy atom. The van der Waals surface area contributed by atoms with Crippen LogP contribution in [0.1, 0.15) is 53.4 Å². The maximum absolute atomic E-state index is 12.8. The molecule has 0 aliphatic heterocycles. The summed E-state index contributed by atoms with van der Waals surface area (Å²) in [5.74, 6) is -1.64. The number of rotatable bonds is 13. The average molecular weight is 432 g/mol. The van der Waals surface area contributed by atoms with Crippen LogP contribution in [0.4, 0.5) is 0 Å². The lowest BCUT2D eigenvalue weighted by Crippen LogP contribution is -2.54. The monoisotopic (exact) mass is 431 g/mol. The van der Waals surface area contributed by atoms with Crippen LogP contribution in [0.25, 0.3) is 0 Å². The van der Waals surface area contributed by atoms with E-state index >= 15 is 0 Å². The summed E-state index contributed by atoms with van der Waals surface area (Å²) in [4.78, 5) is 27.3. The number of hydrogen-bond donors (Lipinski definition) is 3. The highest BCUT2D eigenvalue weighted by Gasteiger charge is 2.46. The average Bonchev–Trinajstić information content (AvgIpc) is 2.66. The Morgan fingerprint density at radius 2 is 1.30 bits per heavy atom. The minimum Gasteiger partial charge on any atom is -0.465 e. The molecule has 0 aromatic rings. The third-order valence-corrected chi connectivity index (χ3v) is 5.65. The first-order valence-electron chi connectivity index (χ1n) is 11.2. The van der Waals surface area contributed by atoms with Crippen LogP contribution >= 0.6 is 0 Å². The highest BCUT2D eigenvalue weighted by molar-refractivity contribution is 5.82. The lowest BCUT2D eigenvalue weighted by atomic mass is 9.74. The van der Waals surface area contributed by atoms with Gasteiger partial charge in [0.05, 0.1) is 44.4 Å². The van der Waals surface area contributed by atoms with E-state index in [0.717, 1.165) is 12.8 Å². The van der Waals surface area contributed by atoms with E-state index in [4.69, 9.17) is 9.47 Å². The summed E-state index contributed by atoms with van der Waals surface area (Å²) in [6.45, 7) is 8.98. The molecule has 1 fully saturated rings. The van der Waals surface area contributed by atoms with Crippen LogP contribution in [-0.4, -0.2) is 83.8 Å². The van der Waals surface area contributed by atoms with Crippen LogP contribution < -0.4 is 0 Å². The molecule has 0 heterocycles. The maximum atomic E-state index is 12.8. The van der Waals surface area contributed by atoms with E-state index in [1.807, 2.05) is 27.7 Å². The van der Waals surface area contributed by atoms with Crippen molar-refractivity contribution >= 4 is 11.9 Å². The van der Waals surface area contributed by atoms with Crippen molar-refractivity contribution < 1.29 is 34.4 Å². The molecule has 30 heavy (non-hydrogen) atoms. The van der Waals surface area contributed by atoms with E-state index in [-0.39, 0.29) is 52.4 Å². The van der Waals surface area contributed by atoms with Gasteiger partial charge in [-0.3, -0.25) is 14.5 Å². The van der Waals surface area contributed by atoms with Crippen molar-refractivity contribution in [3.8, 4) is 0 Å². The third-order valence-electron chi connectivity index (χ3n) is 5.65. The first-order chi connectivity index (χ1) is 14.2. The van der Waals surface area contributed by atoms with E-state index in [0.29, 0.717) is 11.8 Å². The number of carbonyl (C=O) groups is 2. The quantitative estimate of drug-likeness (QED) is 0.373. The second-order valence-electron chi connectivity index (χ2n) is 9.00. The molecule has 3 N–H and O–H groups in total. The molecular weight excluding hydrogens is 390 g/mol. The first kappa shape index (κ1) is 26.8. The summed E-state index contributed by atoms with van der Waals surface area (Å²) in [6.07, 6.45) is 0.891. The molecule has 4 atom stereocenters. The molecular formula is C22H41NO7. The molecule has 0 saturated heterocycles. The number of nitrogens with zero attached hydrogens (tertiary/aromatic N) is 1. The fourth-order valence-corrected chi connectivity index (χ4v) is 3.78. The molecule has 8 nitrogen and oxygen atoms in total. The molecule has 176 valence electrons. The maximum Gasteiger partial charge on any atom is 0.309 e. The van der Waals surface area contributed by atoms with E-state index in [2.05, 4.69) is 0 Å². The van der Waals surface area contributed by atoms with Gasteiger partial charge >= 0.3 is 11.9 Å². The van der Waals surface area contributed by atoms with Crippen LogP contribution in [0.3, 0.4) is 0 Å². The van der Waals surface area contributed by atoms with Crippen molar-refractivity contribution in [2.75, 3.05) is 39.5 Å². The zero-order chi connectivity index (χ0) is 22.7. The van der Waals surface area contributed by atoms with Crippen molar-refractivity contribution in [3.63, 3.8) is 0 Å². The number of hydrogen-bond acceptors (Lipinski definition) is 8. The van der Waals surface area contributed by atoms with Gasteiger partial charge in [-0.05, 0) is 37.5 Å². The Kier molecular flexibility index (Phi) is 12.5. The Morgan fingerprint density at radius 3 is 1.70 bits per heavy atom. The normalized spacial score (nSPS) is 24.5. The van der Waals surface area contributed by atoms with Gasteiger partial charge in [-0.25, -0.2) is 0 Å². The second kappa shape index (κ2) is 14.0. The minimum atomic E-state index is -0.870. The zero-order valence-corrected chi connectivity index (χ0v) is 19.0. The molecule has 0 spiro atoms. The lowest BCUT2D eigenvalue weighted by molar-refractivity contribution is -0.168. The highest BCUT2D eigenvalue weighted by Crippen LogP contribution is 2.35. The summed E-state index contributed by atoms with van der Waals surface area (Å²) in [7, 11) is 0. The summed E-state index contributed by atoms with van der Waals surface area (Å²) >= 11 is 0. The molecule has 8 heteroatoms. The minimum absolute atomic E-state index is 0.0858. The van der Waals surface area contributed by atoms with Crippen molar-refractivity contribution in [2.24, 2.45) is 23.7 Å². The third kappa shape index (κ3) is 8.88. The largest absolute Gasteiger partial charge is 0.465 e. The summed E-state index contributed by atoms with van der Waals surface area (Å²) in [5.41, 5.74) is 0. The molecule has 4 unspecified atom stereocenters. The number of aliphatic hydroxyl groups excluding tert-OH is 3. The SMILES string of the molecule is CC(C)CCOC(=O)C1CC(O)C(N(CCO)CCO)CC1C(=O)OCCC(C)C. The van der Waals surface area contributed by atoms with Crippen LogP contribution in [0.2, 0.25) is 0 Å². The molecule has 0 bridgehead atoms. The smallest absolute Gasteiger partial charge is 0.309 e. The summed E-state index contributed by atoms with van der Waals surface area (Å²) in [5, 5.41) is 29.4. The van der Waals surface area contributed by atoms with Gasteiger partial charge in [-0.2, -0.15) is 0 Å². The van der Waals surface area contributed by atoms with E-state index in [1.165, 1.54) is 0 Å². The van der Waals surface area contributed by atoms with Crippen molar-refractivity contribution in [3.05, 3.63) is 0 Å². The Labute approximate surface area is 180 Å². The van der Waals surface area contributed by atoms with Crippen LogP contribution in [-0.2, 0) is 19.1 Å². The van der Waals surface area contributed by atoms with Gasteiger partial charge in [-0.1, -0.05) is 27.7 Å². The molecule has 1 rings (SSSR count). The van der Waals surface area contributed by atoms with Crippen LogP contribution in [0.15, 0.2) is 0 Å². The van der Waals surface area contributed by atoms with Gasteiger partial charge in [0.15, 0.2) is 0 Å². The zero-order valence-electron chi connectivity index (χ0n) is 19.0.